The summed E-state index contributed by atoms with van der Waals surface area (Å²) in [5, 5.41) is 0.0988. The van der Waals surface area contributed by atoms with E-state index in [-0.39, 0.29) is 14.9 Å². The second-order valence-electron chi connectivity index (χ2n) is 4.10. The lowest BCUT2D eigenvalue weighted by Crippen LogP contribution is -2.02. The van der Waals surface area contributed by atoms with Crippen molar-refractivity contribution >= 4 is 42.9 Å². The predicted molar refractivity (Wildman–Crippen MR) is 82.9 cm³/mol. The normalized spacial score (nSPS) is 11.4. The molecule has 0 fully saturated rings. The van der Waals surface area contributed by atoms with Gasteiger partial charge in [-0.25, -0.2) is 8.42 Å². The molecule has 0 atom stereocenters. The number of nitrogens with zero attached hydrogens (tertiary/aromatic N) is 1. The van der Waals surface area contributed by atoms with Gasteiger partial charge in [0.05, 0.1) is 16.7 Å². The van der Waals surface area contributed by atoms with Crippen molar-refractivity contribution < 1.29 is 13.2 Å². The van der Waals surface area contributed by atoms with Gasteiger partial charge in [0.2, 0.25) is 0 Å². The molecular formula is C13H10Cl3NO3S. The van der Waals surface area contributed by atoms with Crippen molar-refractivity contribution in [1.29, 1.82) is 0 Å². The van der Waals surface area contributed by atoms with Crippen LogP contribution in [-0.4, -0.2) is 20.0 Å². The molecule has 1 aromatic heterocycles. The molecule has 21 heavy (non-hydrogen) atoms. The van der Waals surface area contributed by atoms with Crippen molar-refractivity contribution in [2.45, 2.75) is 11.3 Å². The fourth-order valence-electron chi connectivity index (χ4n) is 1.64. The maximum absolute atomic E-state index is 11.3. The van der Waals surface area contributed by atoms with E-state index in [4.69, 9.17) is 38.6 Å². The zero-order chi connectivity index (χ0) is 15.5. The first-order valence-electron chi connectivity index (χ1n) is 5.83. The standard InChI is InChI=1S/C13H10Cl3NO3S/c14-10-8-13(21(16,18)19)11(15)7-12(10)20-6-3-9-1-4-17-5-2-9/h1-2,4-5,7-8H,3,6H2. The van der Waals surface area contributed by atoms with E-state index in [0.717, 1.165) is 5.56 Å². The van der Waals surface area contributed by atoms with Crippen molar-refractivity contribution in [2.75, 3.05) is 6.61 Å². The molecule has 1 aromatic carbocycles. The lowest BCUT2D eigenvalue weighted by Gasteiger charge is -2.10. The third-order valence-electron chi connectivity index (χ3n) is 2.65. The fraction of sp³-hybridized carbons (Fsp3) is 0.154. The topological polar surface area (TPSA) is 56.3 Å². The second-order valence-corrected chi connectivity index (χ2v) is 7.45. The van der Waals surface area contributed by atoms with Gasteiger partial charge in [-0.3, -0.25) is 4.98 Å². The van der Waals surface area contributed by atoms with E-state index in [1.54, 1.807) is 12.4 Å². The Hall–Kier alpha value is -1.01. The predicted octanol–water partition coefficient (Wildman–Crippen LogP) is 3.94. The number of hydrogen-bond donors (Lipinski definition) is 0. The van der Waals surface area contributed by atoms with Crippen LogP contribution in [0, 0.1) is 0 Å². The Bertz CT molecular complexity index is 736. The molecule has 0 amide bonds. The molecule has 0 saturated carbocycles. The zero-order valence-corrected chi connectivity index (χ0v) is 13.7. The lowest BCUT2D eigenvalue weighted by atomic mass is 10.2. The highest BCUT2D eigenvalue weighted by atomic mass is 35.7. The third kappa shape index (κ3) is 4.48. The number of aromatic nitrogens is 1. The number of ether oxygens (including phenoxy) is 1. The summed E-state index contributed by atoms with van der Waals surface area (Å²) >= 11 is 11.8. The molecule has 1 heterocycles. The summed E-state index contributed by atoms with van der Waals surface area (Å²) in [6, 6.07) is 6.27. The van der Waals surface area contributed by atoms with Gasteiger partial charge >= 0.3 is 0 Å². The Morgan fingerprint density at radius 2 is 1.76 bits per heavy atom. The molecule has 0 bridgehead atoms. The minimum Gasteiger partial charge on any atom is -0.492 e. The van der Waals surface area contributed by atoms with E-state index in [1.165, 1.54) is 12.1 Å². The van der Waals surface area contributed by atoms with Crippen molar-refractivity contribution in [2.24, 2.45) is 0 Å². The Morgan fingerprint density at radius 1 is 1.10 bits per heavy atom. The van der Waals surface area contributed by atoms with E-state index in [1.807, 2.05) is 12.1 Å². The smallest absolute Gasteiger partial charge is 0.262 e. The summed E-state index contributed by atoms with van der Waals surface area (Å²) < 4.78 is 28.1. The molecule has 0 aliphatic heterocycles. The maximum Gasteiger partial charge on any atom is 0.262 e. The van der Waals surface area contributed by atoms with E-state index in [9.17, 15) is 8.42 Å². The van der Waals surface area contributed by atoms with Crippen LogP contribution in [0.1, 0.15) is 5.56 Å². The molecule has 0 N–H and O–H groups in total. The molecule has 112 valence electrons. The first kappa shape index (κ1) is 16.4. The third-order valence-corrected chi connectivity index (χ3v) is 4.73. The summed E-state index contributed by atoms with van der Waals surface area (Å²) in [5.74, 6) is 0.305. The molecule has 8 heteroatoms. The van der Waals surface area contributed by atoms with Gasteiger partial charge in [0.15, 0.2) is 0 Å². The highest BCUT2D eigenvalue weighted by Gasteiger charge is 2.18. The molecule has 0 radical (unpaired) electrons. The van der Waals surface area contributed by atoms with Crippen molar-refractivity contribution in [3.05, 3.63) is 52.3 Å². The molecule has 4 nitrogen and oxygen atoms in total. The van der Waals surface area contributed by atoms with Crippen LogP contribution in [0.15, 0.2) is 41.6 Å². The van der Waals surface area contributed by atoms with Gasteiger partial charge in [-0.15, -0.1) is 0 Å². The molecule has 0 spiro atoms. The quantitative estimate of drug-likeness (QED) is 0.752. The van der Waals surface area contributed by atoms with Crippen molar-refractivity contribution in [3.8, 4) is 5.75 Å². The van der Waals surface area contributed by atoms with Gasteiger partial charge in [-0.2, -0.15) is 0 Å². The number of rotatable bonds is 5. The highest BCUT2D eigenvalue weighted by Crippen LogP contribution is 2.35. The van der Waals surface area contributed by atoms with Gasteiger partial charge in [-0.1, -0.05) is 23.2 Å². The van der Waals surface area contributed by atoms with Crippen LogP contribution in [0.4, 0.5) is 0 Å². The summed E-state index contributed by atoms with van der Waals surface area (Å²) in [4.78, 5) is 3.68. The first-order chi connectivity index (χ1) is 9.88. The molecule has 0 aliphatic carbocycles. The van der Waals surface area contributed by atoms with E-state index in [2.05, 4.69) is 4.98 Å². The van der Waals surface area contributed by atoms with Crippen LogP contribution in [0.3, 0.4) is 0 Å². The first-order valence-corrected chi connectivity index (χ1v) is 8.90. The summed E-state index contributed by atoms with van der Waals surface area (Å²) in [7, 11) is 1.31. The van der Waals surface area contributed by atoms with Gasteiger partial charge in [0, 0.05) is 35.6 Å². The average molecular weight is 367 g/mol. The summed E-state index contributed by atoms with van der Waals surface area (Å²) in [6.45, 7) is 0.368. The number of halogens is 3. The fourth-order valence-corrected chi connectivity index (χ4v) is 3.43. The molecule has 2 aromatic rings. The molecule has 0 aliphatic rings. The van der Waals surface area contributed by atoms with E-state index in [0.29, 0.717) is 18.8 Å². The number of hydrogen-bond acceptors (Lipinski definition) is 4. The van der Waals surface area contributed by atoms with Gasteiger partial charge in [0.1, 0.15) is 10.6 Å². The van der Waals surface area contributed by atoms with Crippen LogP contribution in [0.5, 0.6) is 5.75 Å². The Kier molecular flexibility index (Phi) is 5.32. The van der Waals surface area contributed by atoms with Gasteiger partial charge < -0.3 is 4.74 Å². The molecule has 0 unspecified atom stereocenters. The zero-order valence-electron chi connectivity index (χ0n) is 10.6. The average Bonchev–Trinajstić information content (AvgIpc) is 2.42. The number of pyridine rings is 1. The van der Waals surface area contributed by atoms with Crippen molar-refractivity contribution in [3.63, 3.8) is 0 Å². The summed E-state index contributed by atoms with van der Waals surface area (Å²) in [6.07, 6.45) is 4.05. The minimum atomic E-state index is -3.94. The molecule has 0 saturated heterocycles. The second kappa shape index (κ2) is 6.83. The highest BCUT2D eigenvalue weighted by molar-refractivity contribution is 8.13. The number of benzene rings is 1. The monoisotopic (exact) mass is 365 g/mol. The van der Waals surface area contributed by atoms with E-state index >= 15 is 0 Å². The minimum absolute atomic E-state index is 0.0340. The Balaban J connectivity index is 2.09. The van der Waals surface area contributed by atoms with Crippen LogP contribution >= 0.6 is 33.9 Å². The van der Waals surface area contributed by atoms with Crippen molar-refractivity contribution in [1.82, 2.24) is 4.98 Å². The molecule has 2 rings (SSSR count). The Morgan fingerprint density at radius 3 is 2.38 bits per heavy atom. The van der Waals surface area contributed by atoms with Gasteiger partial charge in [-0.05, 0) is 23.8 Å². The maximum atomic E-state index is 11.3. The van der Waals surface area contributed by atoms with Gasteiger partial charge in [0.25, 0.3) is 9.05 Å². The SMILES string of the molecule is O=S(=O)(Cl)c1cc(Cl)c(OCCc2ccncc2)cc1Cl. The Labute approximate surface area is 137 Å². The summed E-state index contributed by atoms with van der Waals surface area (Å²) in [5.41, 5.74) is 1.06. The van der Waals surface area contributed by atoms with Crippen LogP contribution < -0.4 is 4.74 Å². The largest absolute Gasteiger partial charge is 0.492 e. The van der Waals surface area contributed by atoms with E-state index < -0.39 is 9.05 Å². The van der Waals surface area contributed by atoms with Crippen LogP contribution in [0.25, 0.3) is 0 Å². The van der Waals surface area contributed by atoms with Crippen LogP contribution in [-0.2, 0) is 15.5 Å². The lowest BCUT2D eigenvalue weighted by molar-refractivity contribution is 0.322. The molecular weight excluding hydrogens is 357 g/mol. The van der Waals surface area contributed by atoms with Crippen LogP contribution in [0.2, 0.25) is 10.0 Å².